The Morgan fingerprint density at radius 2 is 1.88 bits per heavy atom. The molecule has 4 fully saturated rings. The van der Waals surface area contributed by atoms with Crippen LogP contribution >= 0.6 is 15.9 Å². The third kappa shape index (κ3) is 2.56. The van der Waals surface area contributed by atoms with Crippen molar-refractivity contribution in [2.45, 2.75) is 77.4 Å². The van der Waals surface area contributed by atoms with E-state index >= 15 is 0 Å². The Balaban J connectivity index is 1.60. The minimum absolute atomic E-state index is 0.121. The molecule has 0 radical (unpaired) electrons. The van der Waals surface area contributed by atoms with Gasteiger partial charge in [0.25, 0.3) is 0 Å². The maximum atomic E-state index is 12.0. The van der Waals surface area contributed by atoms with Gasteiger partial charge in [0.2, 0.25) is 5.79 Å². The van der Waals surface area contributed by atoms with Crippen LogP contribution in [0.15, 0.2) is 0 Å². The van der Waals surface area contributed by atoms with Crippen LogP contribution in [-0.4, -0.2) is 28.0 Å². The summed E-state index contributed by atoms with van der Waals surface area (Å²) in [6.45, 7) is 4.57. The topological polar surface area (TPSA) is 63.6 Å². The Hall–Kier alpha value is -0.420. The van der Waals surface area contributed by atoms with Crippen molar-refractivity contribution >= 4 is 27.7 Å². The van der Waals surface area contributed by atoms with E-state index < -0.39 is 5.79 Å². The average Bonchev–Trinajstić information content (AvgIpc) is 2.86. The van der Waals surface area contributed by atoms with Crippen molar-refractivity contribution < 1.29 is 19.4 Å². The number of ether oxygens (including phenoxy) is 1. The van der Waals surface area contributed by atoms with Gasteiger partial charge in [-0.2, -0.15) is 0 Å². The number of hydrogen-bond acceptors (Lipinski definition) is 4. The number of fused-ring (bicyclic) bond motifs is 5. The quantitative estimate of drug-likeness (QED) is 0.407. The van der Waals surface area contributed by atoms with Crippen LogP contribution in [0.2, 0.25) is 0 Å². The molecule has 0 amide bonds. The predicted octanol–water partition coefficient (Wildman–Crippen LogP) is 4.22. The lowest BCUT2D eigenvalue weighted by molar-refractivity contribution is -0.265. The van der Waals surface area contributed by atoms with Crippen LogP contribution in [0.25, 0.3) is 0 Å². The molecule has 4 aliphatic carbocycles. The lowest BCUT2D eigenvalue weighted by Gasteiger charge is -2.60. The molecule has 0 bridgehead atoms. The van der Waals surface area contributed by atoms with Gasteiger partial charge in [0.05, 0.1) is 0 Å². The lowest BCUT2D eigenvalue weighted by Crippen LogP contribution is -2.57. The third-order valence-corrected chi connectivity index (χ3v) is 9.41. The molecule has 4 nitrogen and oxygen atoms in total. The normalized spacial score (nSPS) is 50.5. The van der Waals surface area contributed by atoms with Gasteiger partial charge in [-0.1, -0.05) is 29.8 Å². The number of rotatable bonds is 2. The summed E-state index contributed by atoms with van der Waals surface area (Å²) in [4.78, 5) is 23.9. The van der Waals surface area contributed by atoms with E-state index in [4.69, 9.17) is 4.74 Å². The molecule has 146 valence electrons. The fraction of sp³-hybridized carbons (Fsp3) is 0.905. The first-order chi connectivity index (χ1) is 12.2. The van der Waals surface area contributed by atoms with Crippen LogP contribution in [-0.2, 0) is 14.3 Å². The molecule has 5 heteroatoms. The molecule has 0 aromatic heterocycles. The van der Waals surface area contributed by atoms with E-state index in [0.717, 1.165) is 51.4 Å². The Labute approximate surface area is 164 Å². The Morgan fingerprint density at radius 3 is 2.62 bits per heavy atom. The van der Waals surface area contributed by atoms with Crippen LogP contribution in [0.1, 0.15) is 71.6 Å². The molecule has 1 N–H and O–H groups in total. The van der Waals surface area contributed by atoms with E-state index in [1.807, 2.05) is 0 Å². The molecule has 0 spiro atoms. The first-order valence-electron chi connectivity index (χ1n) is 10.3. The summed E-state index contributed by atoms with van der Waals surface area (Å²) in [6, 6.07) is 0. The molecule has 0 aliphatic heterocycles. The molecule has 1 unspecified atom stereocenters. The van der Waals surface area contributed by atoms with Crippen molar-refractivity contribution in [3.63, 3.8) is 0 Å². The van der Waals surface area contributed by atoms with Gasteiger partial charge in [-0.25, -0.2) is 0 Å². The highest BCUT2D eigenvalue weighted by Crippen LogP contribution is 2.68. The van der Waals surface area contributed by atoms with E-state index in [0.29, 0.717) is 35.9 Å². The Bertz CT molecular complexity index is 621. The number of carbonyl (C=O) groups is 2. The van der Waals surface area contributed by atoms with Crippen molar-refractivity contribution in [1.29, 1.82) is 0 Å². The molecule has 4 rings (SSSR count). The minimum atomic E-state index is -1.33. The molecule has 7 atom stereocenters. The molecule has 0 aromatic rings. The highest BCUT2D eigenvalue weighted by molar-refractivity contribution is 9.09. The second kappa shape index (κ2) is 6.30. The maximum Gasteiger partial charge on any atom is 0.319 e. The number of carbonyl (C=O) groups excluding carboxylic acids is 2. The molecular formula is C21H31BrO4. The minimum Gasteiger partial charge on any atom is -0.432 e. The zero-order valence-corrected chi connectivity index (χ0v) is 17.5. The van der Waals surface area contributed by atoms with Crippen LogP contribution in [0.5, 0.6) is 0 Å². The molecule has 4 aliphatic rings. The Morgan fingerprint density at radius 1 is 1.15 bits per heavy atom. The standard InChI is InChI=1S/C21H31BrO4/c1-19-8-5-14(23)11-13(19)3-4-15-16(19)6-9-20(2)17(15)7-10-21(20,25)26-18(24)12-22/h13,15-17,25H,3-12H2,1-2H3/t13?,15-,16+,17+,19+,20+,21-/m1/s1. The van der Waals surface area contributed by atoms with Gasteiger partial charge in [-0.3, -0.25) is 9.59 Å². The Kier molecular flexibility index (Phi) is 4.58. The molecule has 4 saturated carbocycles. The summed E-state index contributed by atoms with van der Waals surface area (Å²) in [7, 11) is 0. The lowest BCUT2D eigenvalue weighted by atomic mass is 9.45. The SMILES string of the molecule is C[C@]12CCC(=O)CC1CC[C@@H]1[C@@H]2CC[C@@]2(C)[C@H]1CC[C@@]2(O)OC(=O)CBr. The van der Waals surface area contributed by atoms with E-state index in [2.05, 4.69) is 29.8 Å². The van der Waals surface area contributed by atoms with Crippen LogP contribution in [0.4, 0.5) is 0 Å². The number of halogens is 1. The summed E-state index contributed by atoms with van der Waals surface area (Å²) in [6.07, 6.45) is 8.30. The van der Waals surface area contributed by atoms with Gasteiger partial charge in [-0.05, 0) is 67.6 Å². The van der Waals surface area contributed by atoms with E-state index in [1.165, 1.54) is 0 Å². The largest absolute Gasteiger partial charge is 0.432 e. The highest BCUT2D eigenvalue weighted by atomic mass is 79.9. The van der Waals surface area contributed by atoms with Gasteiger partial charge >= 0.3 is 5.97 Å². The molecule has 0 saturated heterocycles. The number of Topliss-reactive ketones (excluding diaryl/α,β-unsaturated/α-hetero) is 1. The summed E-state index contributed by atoms with van der Waals surface area (Å²) in [5, 5.41) is 11.4. The first-order valence-corrected chi connectivity index (χ1v) is 11.4. The monoisotopic (exact) mass is 426 g/mol. The average molecular weight is 427 g/mol. The smallest absolute Gasteiger partial charge is 0.319 e. The second-order valence-corrected chi connectivity index (χ2v) is 10.3. The molecule has 0 heterocycles. The van der Waals surface area contributed by atoms with Gasteiger partial charge in [0, 0.05) is 24.7 Å². The van der Waals surface area contributed by atoms with Crippen molar-refractivity contribution in [3.05, 3.63) is 0 Å². The van der Waals surface area contributed by atoms with Crippen molar-refractivity contribution in [2.75, 3.05) is 5.33 Å². The van der Waals surface area contributed by atoms with Gasteiger partial charge in [0.15, 0.2) is 0 Å². The molecule has 26 heavy (non-hydrogen) atoms. The van der Waals surface area contributed by atoms with Crippen LogP contribution in [0, 0.1) is 34.5 Å². The first kappa shape index (κ1) is 18.9. The summed E-state index contributed by atoms with van der Waals surface area (Å²) in [5.74, 6) is 0.919. The molecule has 0 aromatic carbocycles. The van der Waals surface area contributed by atoms with E-state index in [-0.39, 0.29) is 22.1 Å². The van der Waals surface area contributed by atoms with Crippen LogP contribution in [0.3, 0.4) is 0 Å². The van der Waals surface area contributed by atoms with Crippen molar-refractivity contribution in [1.82, 2.24) is 0 Å². The number of ketones is 1. The summed E-state index contributed by atoms with van der Waals surface area (Å²) >= 11 is 3.14. The van der Waals surface area contributed by atoms with Gasteiger partial charge < -0.3 is 9.84 Å². The third-order valence-electron chi connectivity index (χ3n) is 8.95. The zero-order valence-electron chi connectivity index (χ0n) is 15.9. The number of aliphatic hydroxyl groups is 1. The van der Waals surface area contributed by atoms with Gasteiger partial charge in [0.1, 0.15) is 11.1 Å². The van der Waals surface area contributed by atoms with Crippen LogP contribution < -0.4 is 0 Å². The van der Waals surface area contributed by atoms with E-state index in [1.54, 1.807) is 0 Å². The molecular weight excluding hydrogens is 396 g/mol. The number of hydrogen-bond donors (Lipinski definition) is 1. The predicted molar refractivity (Wildman–Crippen MR) is 102 cm³/mol. The highest BCUT2D eigenvalue weighted by Gasteiger charge is 2.66. The maximum absolute atomic E-state index is 12.0. The zero-order chi connectivity index (χ0) is 18.7. The summed E-state index contributed by atoms with van der Waals surface area (Å²) in [5.41, 5.74) is -0.0783. The van der Waals surface area contributed by atoms with Crippen molar-refractivity contribution in [3.8, 4) is 0 Å². The fourth-order valence-corrected chi connectivity index (χ4v) is 7.52. The van der Waals surface area contributed by atoms with Gasteiger partial charge in [-0.15, -0.1) is 0 Å². The summed E-state index contributed by atoms with van der Waals surface area (Å²) < 4.78 is 5.57. The second-order valence-electron chi connectivity index (χ2n) is 9.79. The van der Waals surface area contributed by atoms with Crippen molar-refractivity contribution in [2.24, 2.45) is 34.5 Å². The number of alkyl halides is 1. The number of esters is 1. The fourth-order valence-electron chi connectivity index (χ4n) is 7.40. The van der Waals surface area contributed by atoms with E-state index in [9.17, 15) is 14.7 Å².